The molecule has 1 fully saturated rings. The Morgan fingerprint density at radius 1 is 0.893 bits per heavy atom. The number of likely N-dealkylation sites (tertiary alicyclic amines) is 1. The predicted octanol–water partition coefficient (Wildman–Crippen LogP) is 4.78. The van der Waals surface area contributed by atoms with Crippen LogP contribution >= 0.6 is 0 Å². The van der Waals surface area contributed by atoms with Gasteiger partial charge in [-0.2, -0.15) is 0 Å². The van der Waals surface area contributed by atoms with Crippen LogP contribution in [0.1, 0.15) is 41.6 Å². The van der Waals surface area contributed by atoms with Crippen LogP contribution in [0.5, 0.6) is 0 Å². The van der Waals surface area contributed by atoms with Crippen LogP contribution in [0.3, 0.4) is 0 Å². The van der Waals surface area contributed by atoms with Gasteiger partial charge in [0, 0.05) is 18.7 Å². The van der Waals surface area contributed by atoms with E-state index in [1.165, 1.54) is 32.4 Å². The molecule has 0 unspecified atom stereocenters. The molecule has 0 radical (unpaired) electrons. The molecule has 28 heavy (non-hydrogen) atoms. The Bertz CT molecular complexity index is 876. The summed E-state index contributed by atoms with van der Waals surface area (Å²) in [5, 5.41) is 0. The van der Waals surface area contributed by atoms with Crippen molar-refractivity contribution in [2.45, 2.75) is 32.1 Å². The Labute approximate surface area is 167 Å². The third-order valence-corrected chi connectivity index (χ3v) is 5.95. The summed E-state index contributed by atoms with van der Waals surface area (Å²) in [6, 6.07) is 13.8. The van der Waals surface area contributed by atoms with Gasteiger partial charge >= 0.3 is 0 Å². The van der Waals surface area contributed by atoms with Crippen LogP contribution in [-0.2, 0) is 6.42 Å². The molecule has 0 saturated carbocycles. The molecule has 1 saturated heterocycles. The van der Waals surface area contributed by atoms with E-state index in [1.807, 2.05) is 41.3 Å². The van der Waals surface area contributed by atoms with Crippen LogP contribution in [0.15, 0.2) is 42.5 Å². The lowest BCUT2D eigenvalue weighted by molar-refractivity contribution is 0.0730. The number of fused-ring (bicyclic) bond motifs is 1. The zero-order chi connectivity index (χ0) is 19.3. The quantitative estimate of drug-likeness (QED) is 0.706. The number of hydrogen-bond donors (Lipinski definition) is 0. The number of amides is 1. The standard InChI is InChI=1S/C24H27N3O/c1-25-22-9-6-19(7-10-22)20-8-11-23-21(18-20)12-17-27(24(23)28)16-5-15-26-13-3-2-4-14-26/h6-11,18H,2-5,12-17H2. The van der Waals surface area contributed by atoms with Crippen molar-refractivity contribution < 1.29 is 4.79 Å². The Hall–Kier alpha value is -2.64. The van der Waals surface area contributed by atoms with Crippen LogP contribution < -0.4 is 0 Å². The lowest BCUT2D eigenvalue weighted by atomic mass is 9.94. The number of carbonyl (C=O) groups is 1. The van der Waals surface area contributed by atoms with Gasteiger partial charge in [-0.3, -0.25) is 4.79 Å². The molecular weight excluding hydrogens is 346 g/mol. The van der Waals surface area contributed by atoms with Crippen LogP contribution in [0.25, 0.3) is 16.0 Å². The number of rotatable bonds is 5. The van der Waals surface area contributed by atoms with Crippen molar-refractivity contribution in [3.05, 3.63) is 65.0 Å². The van der Waals surface area contributed by atoms with Gasteiger partial charge in [-0.1, -0.05) is 42.8 Å². The lowest BCUT2D eigenvalue weighted by Crippen LogP contribution is -2.40. The smallest absolute Gasteiger partial charge is 0.254 e. The van der Waals surface area contributed by atoms with Crippen molar-refractivity contribution in [1.29, 1.82) is 0 Å². The first-order valence-corrected chi connectivity index (χ1v) is 10.4. The number of carbonyl (C=O) groups excluding carboxylic acids is 1. The van der Waals surface area contributed by atoms with Crippen LogP contribution in [-0.4, -0.2) is 48.4 Å². The zero-order valence-corrected chi connectivity index (χ0v) is 16.4. The molecule has 4 nitrogen and oxygen atoms in total. The number of benzene rings is 2. The SMILES string of the molecule is [C-]#[N+]c1ccc(-c2ccc3c(c2)CCN(CCCN2CCCCC2)C3=O)cc1. The third-order valence-electron chi connectivity index (χ3n) is 5.95. The zero-order valence-electron chi connectivity index (χ0n) is 16.4. The van der Waals surface area contributed by atoms with E-state index in [2.05, 4.69) is 15.8 Å². The molecule has 0 spiro atoms. The van der Waals surface area contributed by atoms with Gasteiger partial charge in [0.05, 0.1) is 6.57 Å². The summed E-state index contributed by atoms with van der Waals surface area (Å²) in [5.74, 6) is 0.176. The van der Waals surface area contributed by atoms with Gasteiger partial charge < -0.3 is 9.80 Å². The maximum absolute atomic E-state index is 12.9. The predicted molar refractivity (Wildman–Crippen MR) is 113 cm³/mol. The molecule has 0 aromatic heterocycles. The van der Waals surface area contributed by atoms with Gasteiger partial charge in [-0.15, -0.1) is 0 Å². The topological polar surface area (TPSA) is 27.9 Å². The van der Waals surface area contributed by atoms with E-state index >= 15 is 0 Å². The molecule has 0 N–H and O–H groups in total. The molecule has 0 atom stereocenters. The Morgan fingerprint density at radius 3 is 2.39 bits per heavy atom. The van der Waals surface area contributed by atoms with Gasteiger partial charge in [0.1, 0.15) is 0 Å². The van der Waals surface area contributed by atoms with Crippen molar-refractivity contribution in [2.75, 3.05) is 32.7 Å². The van der Waals surface area contributed by atoms with E-state index < -0.39 is 0 Å². The average molecular weight is 374 g/mol. The van der Waals surface area contributed by atoms with Crippen LogP contribution in [0.4, 0.5) is 5.69 Å². The first-order valence-electron chi connectivity index (χ1n) is 10.4. The molecule has 2 aliphatic heterocycles. The van der Waals surface area contributed by atoms with E-state index in [9.17, 15) is 4.79 Å². The van der Waals surface area contributed by atoms with Gasteiger partial charge in [-0.05, 0) is 68.1 Å². The van der Waals surface area contributed by atoms with E-state index in [-0.39, 0.29) is 5.91 Å². The molecule has 2 aromatic carbocycles. The van der Waals surface area contributed by atoms with Crippen molar-refractivity contribution in [3.63, 3.8) is 0 Å². The van der Waals surface area contributed by atoms with Crippen LogP contribution in [0.2, 0.25) is 0 Å². The van der Waals surface area contributed by atoms with E-state index in [0.29, 0.717) is 5.69 Å². The summed E-state index contributed by atoms with van der Waals surface area (Å²) >= 11 is 0. The second-order valence-electron chi connectivity index (χ2n) is 7.83. The van der Waals surface area contributed by atoms with Gasteiger partial charge in [-0.25, -0.2) is 4.85 Å². The normalized spacial score (nSPS) is 17.2. The maximum Gasteiger partial charge on any atom is 0.254 e. The third kappa shape index (κ3) is 4.10. The monoisotopic (exact) mass is 373 g/mol. The largest absolute Gasteiger partial charge is 0.338 e. The van der Waals surface area contributed by atoms with Crippen LogP contribution in [0, 0.1) is 6.57 Å². The summed E-state index contributed by atoms with van der Waals surface area (Å²) in [4.78, 5) is 20.9. The fourth-order valence-electron chi connectivity index (χ4n) is 4.33. The van der Waals surface area contributed by atoms with Crippen molar-refractivity contribution in [3.8, 4) is 11.1 Å². The summed E-state index contributed by atoms with van der Waals surface area (Å²) < 4.78 is 0. The first-order chi connectivity index (χ1) is 13.7. The summed E-state index contributed by atoms with van der Waals surface area (Å²) in [7, 11) is 0. The Balaban J connectivity index is 1.40. The van der Waals surface area contributed by atoms with E-state index in [0.717, 1.165) is 54.7 Å². The number of hydrogen-bond acceptors (Lipinski definition) is 2. The van der Waals surface area contributed by atoms with Gasteiger partial charge in [0.25, 0.3) is 5.91 Å². The molecule has 4 rings (SSSR count). The fraction of sp³-hybridized carbons (Fsp3) is 0.417. The fourth-order valence-corrected chi connectivity index (χ4v) is 4.33. The number of nitrogens with zero attached hydrogens (tertiary/aromatic N) is 3. The average Bonchev–Trinajstić information content (AvgIpc) is 2.76. The molecule has 144 valence electrons. The molecular formula is C24H27N3O. The highest BCUT2D eigenvalue weighted by atomic mass is 16.2. The van der Waals surface area contributed by atoms with Crippen molar-refractivity contribution in [2.24, 2.45) is 0 Å². The first kappa shape index (κ1) is 18.7. The molecule has 2 aromatic rings. The minimum Gasteiger partial charge on any atom is -0.338 e. The minimum atomic E-state index is 0.176. The van der Waals surface area contributed by atoms with Gasteiger partial charge in [0.15, 0.2) is 5.69 Å². The summed E-state index contributed by atoms with van der Waals surface area (Å²) in [6.45, 7) is 12.3. The lowest BCUT2D eigenvalue weighted by Gasteiger charge is -2.31. The highest BCUT2D eigenvalue weighted by Crippen LogP contribution is 2.28. The molecule has 4 heteroatoms. The maximum atomic E-state index is 12.9. The van der Waals surface area contributed by atoms with E-state index in [4.69, 9.17) is 6.57 Å². The molecule has 2 aliphatic rings. The Kier molecular flexibility index (Phi) is 5.73. The highest BCUT2D eigenvalue weighted by Gasteiger charge is 2.24. The summed E-state index contributed by atoms with van der Waals surface area (Å²) in [6.07, 6.45) is 5.98. The molecule has 0 aliphatic carbocycles. The second kappa shape index (κ2) is 8.58. The van der Waals surface area contributed by atoms with E-state index in [1.54, 1.807) is 0 Å². The highest BCUT2D eigenvalue weighted by molar-refractivity contribution is 5.97. The van der Waals surface area contributed by atoms with Crippen molar-refractivity contribution in [1.82, 2.24) is 9.80 Å². The molecule has 2 heterocycles. The molecule has 0 bridgehead atoms. The van der Waals surface area contributed by atoms with Gasteiger partial charge in [0.2, 0.25) is 0 Å². The van der Waals surface area contributed by atoms with Crippen molar-refractivity contribution >= 4 is 11.6 Å². The minimum absolute atomic E-state index is 0.176. The number of piperidine rings is 1. The molecule has 1 amide bonds. The second-order valence-corrected chi connectivity index (χ2v) is 7.83. The summed E-state index contributed by atoms with van der Waals surface area (Å²) in [5.41, 5.74) is 4.85. The Morgan fingerprint density at radius 2 is 1.64 bits per heavy atom.